The molecule has 38 heavy (non-hydrogen) atoms. The predicted molar refractivity (Wildman–Crippen MR) is 137 cm³/mol. The lowest BCUT2D eigenvalue weighted by Crippen LogP contribution is -2.39. The summed E-state index contributed by atoms with van der Waals surface area (Å²) in [5.41, 5.74) is 1.72. The number of anilines is 1. The first-order valence-corrected chi connectivity index (χ1v) is 12.6. The fourth-order valence-corrected chi connectivity index (χ4v) is 4.47. The van der Waals surface area contributed by atoms with E-state index < -0.39 is 11.7 Å². The molecule has 10 heteroatoms. The van der Waals surface area contributed by atoms with Gasteiger partial charge in [-0.25, -0.2) is 4.98 Å². The molecule has 1 aliphatic rings. The Kier molecular flexibility index (Phi) is 7.05. The van der Waals surface area contributed by atoms with Crippen molar-refractivity contribution in [1.29, 1.82) is 0 Å². The number of nitrogens with zero attached hydrogens (tertiary/aromatic N) is 4. The molecule has 5 rings (SSSR count). The fraction of sp³-hybridized carbons (Fsp3) is 0.357. The number of aryl methyl sites for hydroxylation is 2. The number of carbonyl (C=O) groups excluding carboxylic acids is 1. The molecule has 7 nitrogen and oxygen atoms in total. The Morgan fingerprint density at radius 2 is 1.87 bits per heavy atom. The summed E-state index contributed by atoms with van der Waals surface area (Å²) in [6.07, 6.45) is -2.55. The van der Waals surface area contributed by atoms with Gasteiger partial charge in [-0.3, -0.25) is 4.79 Å². The van der Waals surface area contributed by atoms with E-state index in [1.165, 1.54) is 12.1 Å². The third kappa shape index (κ3) is 5.79. The molecule has 1 aliphatic heterocycles. The summed E-state index contributed by atoms with van der Waals surface area (Å²) in [4.78, 5) is 23.5. The molecule has 0 radical (unpaired) electrons. The van der Waals surface area contributed by atoms with Crippen LogP contribution in [0.2, 0.25) is 0 Å². The first kappa shape index (κ1) is 25.7. The minimum atomic E-state index is -4.35. The molecule has 0 saturated carbocycles. The van der Waals surface area contributed by atoms with Gasteiger partial charge in [0.15, 0.2) is 0 Å². The molecule has 1 unspecified atom stereocenters. The summed E-state index contributed by atoms with van der Waals surface area (Å²) in [5.74, 6) is 1.77. The van der Waals surface area contributed by atoms with Gasteiger partial charge in [-0.2, -0.15) is 18.2 Å². The number of rotatable bonds is 7. The Morgan fingerprint density at radius 1 is 1.08 bits per heavy atom. The van der Waals surface area contributed by atoms with E-state index >= 15 is 0 Å². The Balaban J connectivity index is 1.22. The van der Waals surface area contributed by atoms with Gasteiger partial charge in [0.1, 0.15) is 5.82 Å². The van der Waals surface area contributed by atoms with Crippen molar-refractivity contribution < 1.29 is 22.5 Å². The first-order valence-electron chi connectivity index (χ1n) is 12.6. The van der Waals surface area contributed by atoms with E-state index in [2.05, 4.69) is 20.4 Å². The van der Waals surface area contributed by atoms with Crippen molar-refractivity contribution in [3.05, 3.63) is 71.6 Å². The number of hydrogen-bond donors (Lipinski definition) is 1. The zero-order valence-corrected chi connectivity index (χ0v) is 21.1. The second-order valence-electron chi connectivity index (χ2n) is 9.88. The molecule has 3 heterocycles. The Morgan fingerprint density at radius 3 is 2.61 bits per heavy atom. The quantitative estimate of drug-likeness (QED) is 0.347. The molecule has 1 amide bonds. The van der Waals surface area contributed by atoms with Crippen LogP contribution in [0.4, 0.5) is 19.0 Å². The lowest BCUT2D eigenvalue weighted by Gasteiger charge is -2.19. The molecule has 1 atom stereocenters. The Labute approximate surface area is 218 Å². The van der Waals surface area contributed by atoms with Crippen LogP contribution in [-0.2, 0) is 23.8 Å². The van der Waals surface area contributed by atoms with Crippen LogP contribution in [0.15, 0.2) is 59.1 Å². The van der Waals surface area contributed by atoms with E-state index in [-0.39, 0.29) is 17.9 Å². The summed E-state index contributed by atoms with van der Waals surface area (Å²) < 4.78 is 43.6. The fourth-order valence-electron chi connectivity index (χ4n) is 4.47. The second-order valence-corrected chi connectivity index (χ2v) is 9.88. The van der Waals surface area contributed by atoms with E-state index in [9.17, 15) is 18.0 Å². The molecule has 2 aromatic carbocycles. The SMILES string of the molecule is CC(C)C(=O)NC1CCN(c2ccc3cc(-c4noc(CCc5ccc(C(F)(F)F)cc5)n4)ccc3n2)C1. The van der Waals surface area contributed by atoms with E-state index in [4.69, 9.17) is 9.51 Å². The van der Waals surface area contributed by atoms with Crippen LogP contribution in [0.25, 0.3) is 22.3 Å². The number of halogens is 3. The summed E-state index contributed by atoms with van der Waals surface area (Å²) in [6.45, 7) is 5.34. The van der Waals surface area contributed by atoms with Gasteiger partial charge in [-0.1, -0.05) is 31.1 Å². The van der Waals surface area contributed by atoms with Crippen molar-refractivity contribution in [2.75, 3.05) is 18.0 Å². The van der Waals surface area contributed by atoms with Crippen molar-refractivity contribution in [3.63, 3.8) is 0 Å². The maximum absolute atomic E-state index is 12.7. The molecule has 198 valence electrons. The third-order valence-corrected chi connectivity index (χ3v) is 6.69. The average molecular weight is 524 g/mol. The number of pyridine rings is 1. The lowest BCUT2D eigenvalue weighted by atomic mass is 10.1. The maximum atomic E-state index is 12.7. The lowest BCUT2D eigenvalue weighted by molar-refractivity contribution is -0.137. The Bertz CT molecular complexity index is 1430. The van der Waals surface area contributed by atoms with Crippen LogP contribution in [0.5, 0.6) is 0 Å². The summed E-state index contributed by atoms with van der Waals surface area (Å²) in [7, 11) is 0. The van der Waals surface area contributed by atoms with E-state index in [1.54, 1.807) is 0 Å². The largest absolute Gasteiger partial charge is 0.416 e. The highest BCUT2D eigenvalue weighted by molar-refractivity contribution is 5.84. The zero-order chi connectivity index (χ0) is 26.9. The van der Waals surface area contributed by atoms with E-state index in [0.29, 0.717) is 24.6 Å². The van der Waals surface area contributed by atoms with Crippen LogP contribution in [0, 0.1) is 5.92 Å². The number of benzene rings is 2. The topological polar surface area (TPSA) is 84.2 Å². The van der Waals surface area contributed by atoms with Crippen molar-refractivity contribution >= 4 is 22.6 Å². The van der Waals surface area contributed by atoms with Crippen LogP contribution in [0.1, 0.15) is 37.3 Å². The number of nitrogens with one attached hydrogen (secondary N) is 1. The van der Waals surface area contributed by atoms with Gasteiger partial charge < -0.3 is 14.7 Å². The maximum Gasteiger partial charge on any atom is 0.416 e. The van der Waals surface area contributed by atoms with Gasteiger partial charge >= 0.3 is 6.18 Å². The second kappa shape index (κ2) is 10.4. The van der Waals surface area contributed by atoms with Gasteiger partial charge in [0.2, 0.25) is 17.6 Å². The van der Waals surface area contributed by atoms with Crippen molar-refractivity contribution in [1.82, 2.24) is 20.4 Å². The molecule has 1 saturated heterocycles. The number of hydrogen-bond acceptors (Lipinski definition) is 6. The molecule has 0 spiro atoms. The van der Waals surface area contributed by atoms with Crippen molar-refractivity contribution in [2.24, 2.45) is 5.92 Å². The molecule has 1 N–H and O–H groups in total. The monoisotopic (exact) mass is 523 g/mol. The van der Waals surface area contributed by atoms with Gasteiger partial charge in [-0.15, -0.1) is 0 Å². The normalized spacial score (nSPS) is 15.9. The van der Waals surface area contributed by atoms with Crippen molar-refractivity contribution in [3.8, 4) is 11.4 Å². The summed E-state index contributed by atoms with van der Waals surface area (Å²) in [5, 5.41) is 8.11. The number of fused-ring (bicyclic) bond motifs is 1. The molecular formula is C28H28F3N5O2. The number of amides is 1. The number of alkyl halides is 3. The van der Waals surface area contributed by atoms with Crippen LogP contribution >= 0.6 is 0 Å². The summed E-state index contributed by atoms with van der Waals surface area (Å²) >= 11 is 0. The molecule has 2 aromatic heterocycles. The molecule has 0 bridgehead atoms. The molecule has 4 aromatic rings. The standard InChI is InChI=1S/C28H28F3N5O2/c1-17(2)27(37)32-22-13-14-36(16-22)24-11-7-19-15-20(6-10-23(19)33-24)26-34-25(38-35-26)12-5-18-3-8-21(9-4-18)28(29,30)31/h3-4,6-11,15,17,22H,5,12-14,16H2,1-2H3,(H,32,37). The number of carbonyl (C=O) groups is 1. The molecule has 0 aliphatic carbocycles. The Hall–Kier alpha value is -3.95. The predicted octanol–water partition coefficient (Wildman–Crippen LogP) is 5.44. The van der Waals surface area contributed by atoms with Crippen LogP contribution < -0.4 is 10.2 Å². The minimum absolute atomic E-state index is 0.0358. The van der Waals surface area contributed by atoms with Gasteiger partial charge in [-0.05, 0) is 60.9 Å². The van der Waals surface area contributed by atoms with Crippen LogP contribution in [-0.4, -0.2) is 40.2 Å². The smallest absolute Gasteiger partial charge is 0.354 e. The zero-order valence-electron chi connectivity index (χ0n) is 21.1. The van der Waals surface area contributed by atoms with Gasteiger partial charge in [0, 0.05) is 42.4 Å². The van der Waals surface area contributed by atoms with Gasteiger partial charge in [0.25, 0.3) is 0 Å². The minimum Gasteiger partial charge on any atom is -0.354 e. The highest BCUT2D eigenvalue weighted by atomic mass is 19.4. The molecule has 1 fully saturated rings. The summed E-state index contributed by atoms with van der Waals surface area (Å²) in [6, 6.07) is 15.0. The van der Waals surface area contributed by atoms with Crippen molar-refractivity contribution in [2.45, 2.75) is 45.3 Å². The molecular weight excluding hydrogens is 495 g/mol. The van der Waals surface area contributed by atoms with Gasteiger partial charge in [0.05, 0.1) is 11.1 Å². The van der Waals surface area contributed by atoms with Crippen LogP contribution in [0.3, 0.4) is 0 Å². The highest BCUT2D eigenvalue weighted by Gasteiger charge is 2.30. The highest BCUT2D eigenvalue weighted by Crippen LogP contribution is 2.29. The van der Waals surface area contributed by atoms with E-state index in [0.717, 1.165) is 59.5 Å². The average Bonchev–Trinajstić information content (AvgIpc) is 3.56. The van der Waals surface area contributed by atoms with E-state index in [1.807, 2.05) is 44.2 Å². The first-order chi connectivity index (χ1) is 18.2. The number of aromatic nitrogens is 3. The third-order valence-electron chi connectivity index (χ3n) is 6.69.